The maximum Gasteiger partial charge on any atom is 0.313 e. The summed E-state index contributed by atoms with van der Waals surface area (Å²) in [6.45, 7) is 0. The van der Waals surface area contributed by atoms with Gasteiger partial charge in [-0.05, 0) is 11.1 Å². The summed E-state index contributed by atoms with van der Waals surface area (Å²) in [4.78, 5) is 20.5. The number of carboxylic acids is 1. The van der Waals surface area contributed by atoms with Gasteiger partial charge in [0, 0.05) is 11.5 Å². The summed E-state index contributed by atoms with van der Waals surface area (Å²) >= 11 is 2.60. The molecule has 0 atom stereocenters. The number of carbonyl (C=O) groups excluding carboxylic acids is 1. The molecular weight excluding hydrogens is 244 g/mol. The quantitative estimate of drug-likeness (QED) is 0.759. The second-order valence-electron chi connectivity index (χ2n) is 3.11. The van der Waals surface area contributed by atoms with Crippen molar-refractivity contribution in [3.63, 3.8) is 0 Å². The lowest BCUT2D eigenvalue weighted by Crippen LogP contribution is -1.98. The molecule has 86 valence electrons. The number of hydrogen-bond acceptors (Lipinski definition) is 4. The number of thioether (sulfide) groups is 2. The molecule has 5 heteroatoms. The van der Waals surface area contributed by atoms with Crippen LogP contribution in [0.3, 0.4) is 0 Å². The summed E-state index contributed by atoms with van der Waals surface area (Å²) < 4.78 is 0. The third-order valence-corrected chi connectivity index (χ3v) is 3.46. The minimum Gasteiger partial charge on any atom is -0.481 e. The zero-order valence-corrected chi connectivity index (χ0v) is 10.2. The first-order valence-electron chi connectivity index (χ1n) is 4.65. The van der Waals surface area contributed by atoms with Gasteiger partial charge in [-0.15, -0.1) is 11.8 Å². The van der Waals surface area contributed by atoms with E-state index in [4.69, 9.17) is 5.11 Å². The molecule has 0 aromatic heterocycles. The van der Waals surface area contributed by atoms with Crippen molar-refractivity contribution in [1.82, 2.24) is 0 Å². The summed E-state index contributed by atoms with van der Waals surface area (Å²) in [5, 5.41) is 8.48. The van der Waals surface area contributed by atoms with E-state index >= 15 is 0 Å². The highest BCUT2D eigenvalue weighted by molar-refractivity contribution is 8.11. The Bertz CT molecular complexity index is 349. The topological polar surface area (TPSA) is 54.4 Å². The largest absolute Gasteiger partial charge is 0.481 e. The van der Waals surface area contributed by atoms with Crippen LogP contribution in [0.1, 0.15) is 11.1 Å². The highest BCUT2D eigenvalue weighted by atomic mass is 32.2. The molecule has 16 heavy (non-hydrogen) atoms. The average molecular weight is 256 g/mol. The predicted molar refractivity (Wildman–Crippen MR) is 68.3 cm³/mol. The molecule has 0 saturated heterocycles. The van der Waals surface area contributed by atoms with E-state index in [9.17, 15) is 9.59 Å². The number of benzene rings is 1. The first-order valence-corrected chi connectivity index (χ1v) is 6.85. The van der Waals surface area contributed by atoms with Gasteiger partial charge >= 0.3 is 5.97 Å². The van der Waals surface area contributed by atoms with Crippen LogP contribution >= 0.6 is 23.5 Å². The molecule has 0 unspecified atom stereocenters. The summed E-state index contributed by atoms with van der Waals surface area (Å²) in [6.07, 6.45) is 0. The zero-order chi connectivity index (χ0) is 11.8. The van der Waals surface area contributed by atoms with Gasteiger partial charge in [-0.25, -0.2) is 0 Å². The molecule has 1 aromatic carbocycles. The van der Waals surface area contributed by atoms with E-state index in [0.29, 0.717) is 11.5 Å². The molecule has 0 radical (unpaired) electrons. The van der Waals surface area contributed by atoms with E-state index in [1.165, 1.54) is 23.5 Å². The second kappa shape index (κ2) is 7.35. The lowest BCUT2D eigenvalue weighted by atomic mass is 10.2. The van der Waals surface area contributed by atoms with Crippen molar-refractivity contribution in [1.29, 1.82) is 0 Å². The van der Waals surface area contributed by atoms with Gasteiger partial charge in [-0.3, -0.25) is 9.59 Å². The lowest BCUT2D eigenvalue weighted by molar-refractivity contribution is -0.133. The van der Waals surface area contributed by atoms with Gasteiger partial charge in [0.1, 0.15) is 0 Å². The molecule has 1 N–H and O–H groups in total. The normalized spacial score (nSPS) is 10.0. The van der Waals surface area contributed by atoms with E-state index in [-0.39, 0.29) is 5.75 Å². The van der Waals surface area contributed by atoms with Crippen LogP contribution in [-0.4, -0.2) is 22.4 Å². The molecule has 3 nitrogen and oxygen atoms in total. The smallest absolute Gasteiger partial charge is 0.313 e. The molecular formula is C11H12O3S2. The first-order chi connectivity index (χ1) is 7.72. The van der Waals surface area contributed by atoms with E-state index < -0.39 is 5.97 Å². The van der Waals surface area contributed by atoms with E-state index in [2.05, 4.69) is 0 Å². The summed E-state index contributed by atoms with van der Waals surface area (Å²) in [6, 6.07) is 7.87. The summed E-state index contributed by atoms with van der Waals surface area (Å²) in [7, 11) is 0. The number of rotatable bonds is 7. The Labute approximate surface area is 103 Å². The number of hydrogen-bond donors (Lipinski definition) is 1. The van der Waals surface area contributed by atoms with Gasteiger partial charge in [-0.2, -0.15) is 0 Å². The van der Waals surface area contributed by atoms with E-state index in [1.54, 1.807) is 0 Å². The van der Waals surface area contributed by atoms with Crippen LogP contribution < -0.4 is 0 Å². The van der Waals surface area contributed by atoms with Crippen LogP contribution in [0.15, 0.2) is 24.3 Å². The second-order valence-corrected chi connectivity index (χ2v) is 4.91. The first kappa shape index (κ1) is 13.1. The van der Waals surface area contributed by atoms with Gasteiger partial charge in [-0.1, -0.05) is 36.0 Å². The molecule has 0 aliphatic rings. The molecule has 0 bridgehead atoms. The third-order valence-electron chi connectivity index (χ3n) is 1.84. The van der Waals surface area contributed by atoms with E-state index in [0.717, 1.165) is 16.7 Å². The van der Waals surface area contributed by atoms with Crippen LogP contribution in [0.5, 0.6) is 0 Å². The van der Waals surface area contributed by atoms with Gasteiger partial charge in [0.2, 0.25) is 0 Å². The minimum atomic E-state index is -0.788. The van der Waals surface area contributed by atoms with Crippen molar-refractivity contribution in [2.75, 3.05) is 5.75 Å². The Balaban J connectivity index is 2.38. The highest BCUT2D eigenvalue weighted by Crippen LogP contribution is 2.15. The number of carboxylic acid groups (broad SMARTS) is 1. The molecule has 0 amide bonds. The molecule has 1 aromatic rings. The molecule has 1 rings (SSSR count). The van der Waals surface area contributed by atoms with Crippen molar-refractivity contribution in [3.05, 3.63) is 35.4 Å². The molecule has 0 saturated carbocycles. The summed E-state index contributed by atoms with van der Waals surface area (Å²) in [5.74, 6) is 0.728. The Morgan fingerprint density at radius 3 is 2.25 bits per heavy atom. The van der Waals surface area contributed by atoms with Crippen molar-refractivity contribution in [2.45, 2.75) is 11.5 Å². The van der Waals surface area contributed by atoms with Crippen molar-refractivity contribution in [3.8, 4) is 0 Å². The Morgan fingerprint density at radius 1 is 1.19 bits per heavy atom. The van der Waals surface area contributed by atoms with Crippen LogP contribution in [0.4, 0.5) is 0 Å². The van der Waals surface area contributed by atoms with Crippen LogP contribution in [0.2, 0.25) is 0 Å². The fourth-order valence-corrected chi connectivity index (χ4v) is 2.28. The van der Waals surface area contributed by atoms with Gasteiger partial charge in [0.15, 0.2) is 5.62 Å². The minimum absolute atomic E-state index is 0.128. The maximum absolute atomic E-state index is 10.3. The molecule has 0 fully saturated rings. The lowest BCUT2D eigenvalue weighted by Gasteiger charge is -2.01. The number of aliphatic carboxylic acids is 1. The van der Waals surface area contributed by atoms with Crippen LogP contribution in [0, 0.1) is 0 Å². The van der Waals surface area contributed by atoms with Crippen molar-refractivity contribution >= 4 is 35.1 Å². The standard InChI is InChI=1S/C11H12O3S2/c12-8-16-6-10-3-1-9(2-4-10)5-15-7-11(13)14/h1-4,8H,5-7H2,(H,13,14). The fraction of sp³-hybridized carbons (Fsp3) is 0.273. The van der Waals surface area contributed by atoms with Crippen molar-refractivity contribution < 1.29 is 14.7 Å². The maximum atomic E-state index is 10.3. The van der Waals surface area contributed by atoms with Gasteiger partial charge in [0.05, 0.1) is 5.75 Å². The Morgan fingerprint density at radius 2 is 1.75 bits per heavy atom. The highest BCUT2D eigenvalue weighted by Gasteiger charge is 1.99. The average Bonchev–Trinajstić information content (AvgIpc) is 2.27. The molecule has 0 aliphatic carbocycles. The Hall–Kier alpha value is -0.940. The third kappa shape index (κ3) is 5.23. The van der Waals surface area contributed by atoms with Gasteiger partial charge < -0.3 is 5.11 Å². The predicted octanol–water partition coefficient (Wildman–Crippen LogP) is 2.43. The van der Waals surface area contributed by atoms with Crippen LogP contribution in [0.25, 0.3) is 0 Å². The molecule has 0 spiro atoms. The molecule has 0 aliphatic heterocycles. The van der Waals surface area contributed by atoms with Crippen molar-refractivity contribution in [2.24, 2.45) is 0 Å². The Kier molecular flexibility index (Phi) is 6.03. The van der Waals surface area contributed by atoms with E-state index in [1.807, 2.05) is 24.3 Å². The van der Waals surface area contributed by atoms with Gasteiger partial charge in [0.25, 0.3) is 0 Å². The summed E-state index contributed by atoms with van der Waals surface area (Å²) in [5.41, 5.74) is 3.03. The zero-order valence-electron chi connectivity index (χ0n) is 8.59. The fourth-order valence-electron chi connectivity index (χ4n) is 1.12. The van der Waals surface area contributed by atoms with Crippen LogP contribution in [-0.2, 0) is 21.1 Å². The number of carbonyl (C=O) groups is 2. The SMILES string of the molecule is O=CSCc1ccc(CSCC(=O)O)cc1. The molecule has 0 heterocycles. The monoisotopic (exact) mass is 256 g/mol.